The van der Waals surface area contributed by atoms with Crippen molar-refractivity contribution in [3.8, 4) is 11.8 Å². The van der Waals surface area contributed by atoms with Gasteiger partial charge in [0.1, 0.15) is 24.5 Å². The van der Waals surface area contributed by atoms with Crippen molar-refractivity contribution in [3.05, 3.63) is 53.3 Å². The maximum absolute atomic E-state index is 13.4. The maximum atomic E-state index is 13.4. The summed E-state index contributed by atoms with van der Waals surface area (Å²) in [5.74, 6) is 0.493. The zero-order chi connectivity index (χ0) is 18.7. The molecule has 9 heteroatoms. The van der Waals surface area contributed by atoms with Crippen LogP contribution in [0.5, 0.6) is 5.75 Å². The molecule has 0 saturated carbocycles. The Morgan fingerprint density at radius 3 is 2.65 bits per heavy atom. The molecule has 1 aromatic carbocycles. The summed E-state index contributed by atoms with van der Waals surface area (Å²) >= 11 is 5.95. The topological polar surface area (TPSA) is 58.4 Å². The van der Waals surface area contributed by atoms with E-state index in [9.17, 15) is 13.2 Å². The molecule has 1 aliphatic rings. The van der Waals surface area contributed by atoms with E-state index in [4.69, 9.17) is 26.3 Å². The quantitative estimate of drug-likeness (QED) is 0.804. The van der Waals surface area contributed by atoms with E-state index < -0.39 is 18.5 Å². The average Bonchev–Trinajstić information content (AvgIpc) is 3.05. The summed E-state index contributed by atoms with van der Waals surface area (Å²) in [5.41, 5.74) is 0.416. The fraction of sp³-hybridized carbons (Fsp3) is 0.294. The van der Waals surface area contributed by atoms with Gasteiger partial charge in [-0.25, -0.2) is 0 Å². The Morgan fingerprint density at radius 1 is 1.31 bits per heavy atom. The Balaban J connectivity index is 1.77. The van der Waals surface area contributed by atoms with E-state index in [1.165, 1.54) is 30.6 Å². The normalized spacial score (nSPS) is 20.0. The second kappa shape index (κ2) is 7.40. The summed E-state index contributed by atoms with van der Waals surface area (Å²) in [6.07, 6.45) is -4.45. The summed E-state index contributed by atoms with van der Waals surface area (Å²) < 4.78 is 50.8. The minimum Gasteiger partial charge on any atom is -0.491 e. The van der Waals surface area contributed by atoms with Crippen LogP contribution in [0.3, 0.4) is 0 Å². The molecule has 1 aromatic heterocycles. The Morgan fingerprint density at radius 2 is 2.04 bits per heavy atom. The molecule has 1 aliphatic heterocycles. The third kappa shape index (κ3) is 4.00. The fourth-order valence-electron chi connectivity index (χ4n) is 2.60. The van der Waals surface area contributed by atoms with E-state index >= 15 is 0 Å². The van der Waals surface area contributed by atoms with Crippen molar-refractivity contribution < 1.29 is 22.6 Å². The van der Waals surface area contributed by atoms with Gasteiger partial charge in [-0.15, -0.1) is 0 Å². The fourth-order valence-corrected chi connectivity index (χ4v) is 2.81. The van der Waals surface area contributed by atoms with Crippen LogP contribution in [-0.2, 0) is 4.74 Å². The molecule has 136 valence electrons. The maximum Gasteiger partial charge on any atom is 0.433 e. The number of nitriles is 1. The molecule has 5 nitrogen and oxygen atoms in total. The lowest BCUT2D eigenvalue weighted by atomic mass is 10.2. The predicted molar refractivity (Wildman–Crippen MR) is 88.0 cm³/mol. The molecule has 0 bridgehead atoms. The Kier molecular flexibility index (Phi) is 5.20. The Labute approximate surface area is 152 Å². The van der Waals surface area contributed by atoms with Gasteiger partial charge >= 0.3 is 6.18 Å². The minimum absolute atomic E-state index is 0.0303. The molecule has 2 atom stereocenters. The van der Waals surface area contributed by atoms with E-state index in [0.717, 1.165) is 4.90 Å². The van der Waals surface area contributed by atoms with Crippen LogP contribution in [-0.4, -0.2) is 36.6 Å². The van der Waals surface area contributed by atoms with Crippen molar-refractivity contribution in [1.82, 2.24) is 4.98 Å². The van der Waals surface area contributed by atoms with Gasteiger partial charge in [0.05, 0.1) is 17.1 Å². The Bertz CT molecular complexity index is 811. The second-order valence-electron chi connectivity index (χ2n) is 5.57. The molecule has 1 saturated heterocycles. The van der Waals surface area contributed by atoms with E-state index in [-0.39, 0.29) is 29.4 Å². The summed E-state index contributed by atoms with van der Waals surface area (Å²) in [5, 5.41) is 8.99. The summed E-state index contributed by atoms with van der Waals surface area (Å²) in [6.45, 7) is -0.0748. The van der Waals surface area contributed by atoms with Crippen LogP contribution in [0.4, 0.5) is 18.9 Å². The molecule has 26 heavy (non-hydrogen) atoms. The number of ether oxygens (including phenoxy) is 2. The lowest BCUT2D eigenvalue weighted by Gasteiger charge is -2.26. The largest absolute Gasteiger partial charge is 0.491 e. The number of halogens is 4. The monoisotopic (exact) mass is 383 g/mol. The van der Waals surface area contributed by atoms with E-state index in [1.54, 1.807) is 12.1 Å². The summed E-state index contributed by atoms with van der Waals surface area (Å²) in [7, 11) is 0. The lowest BCUT2D eigenvalue weighted by molar-refractivity contribution is -0.215. The molecule has 1 fully saturated rings. The molecule has 0 spiro atoms. The van der Waals surface area contributed by atoms with Crippen LogP contribution in [0.2, 0.25) is 5.02 Å². The highest BCUT2D eigenvalue weighted by atomic mass is 35.5. The highest BCUT2D eigenvalue weighted by Gasteiger charge is 2.51. The number of rotatable bonds is 4. The molecule has 0 amide bonds. The lowest BCUT2D eigenvalue weighted by Crippen LogP contribution is -2.42. The molecule has 3 rings (SSSR count). The van der Waals surface area contributed by atoms with Crippen molar-refractivity contribution in [2.75, 3.05) is 18.1 Å². The van der Waals surface area contributed by atoms with Crippen molar-refractivity contribution in [2.24, 2.45) is 0 Å². The number of hydrogen-bond donors (Lipinski definition) is 0. The third-order valence-corrected chi connectivity index (χ3v) is 4.09. The van der Waals surface area contributed by atoms with Gasteiger partial charge in [-0.1, -0.05) is 11.6 Å². The average molecular weight is 384 g/mol. The first-order chi connectivity index (χ1) is 12.4. The summed E-state index contributed by atoms with van der Waals surface area (Å²) in [6, 6.07) is 9.21. The number of benzene rings is 1. The van der Waals surface area contributed by atoms with Gasteiger partial charge < -0.3 is 14.4 Å². The molecular formula is C17H13ClF3N3O2. The van der Waals surface area contributed by atoms with Crippen LogP contribution in [0.25, 0.3) is 0 Å². The Hall–Kier alpha value is -2.50. The van der Waals surface area contributed by atoms with Crippen molar-refractivity contribution in [1.29, 1.82) is 5.26 Å². The first-order valence-electron chi connectivity index (χ1n) is 7.60. The first-order valence-corrected chi connectivity index (χ1v) is 7.97. The van der Waals surface area contributed by atoms with Gasteiger partial charge in [0, 0.05) is 18.1 Å². The van der Waals surface area contributed by atoms with Gasteiger partial charge in [0.15, 0.2) is 0 Å². The van der Waals surface area contributed by atoms with Gasteiger partial charge in [0.2, 0.25) is 6.23 Å². The van der Waals surface area contributed by atoms with E-state index in [1.807, 2.05) is 6.07 Å². The van der Waals surface area contributed by atoms with Crippen LogP contribution in [0, 0.1) is 11.3 Å². The van der Waals surface area contributed by atoms with Gasteiger partial charge in [-0.2, -0.15) is 18.4 Å². The zero-order valence-corrected chi connectivity index (χ0v) is 14.0. The van der Waals surface area contributed by atoms with Gasteiger partial charge in [-0.05, 0) is 30.3 Å². The predicted octanol–water partition coefficient (Wildman–Crippen LogP) is 3.78. The third-order valence-electron chi connectivity index (χ3n) is 3.78. The van der Waals surface area contributed by atoms with Crippen molar-refractivity contribution in [3.63, 3.8) is 0 Å². The number of nitrogens with zero attached hydrogens (tertiary/aromatic N) is 3. The standard InChI is InChI=1S/C17H13ClF3N3O2/c18-15-7-12(2-1-11(15)8-22)24-9-14(26-16(24)17(19,20)21)10-25-13-3-5-23-6-4-13/h1-7,14,16H,9-10H2/t14-,16+/m0/s1. The molecule has 0 aliphatic carbocycles. The molecule has 0 N–H and O–H groups in total. The number of pyridine rings is 1. The van der Waals surface area contributed by atoms with Gasteiger partial charge in [0.25, 0.3) is 0 Å². The first kappa shape index (κ1) is 18.3. The molecule has 0 unspecified atom stereocenters. The SMILES string of the molecule is N#Cc1ccc(N2C[C@@H](COc3ccncc3)O[C@@H]2C(F)(F)F)cc1Cl. The number of alkyl halides is 3. The van der Waals surface area contributed by atoms with Crippen LogP contribution < -0.4 is 9.64 Å². The molecular weight excluding hydrogens is 371 g/mol. The van der Waals surface area contributed by atoms with E-state index in [2.05, 4.69) is 4.98 Å². The molecule has 2 heterocycles. The highest BCUT2D eigenvalue weighted by Crippen LogP contribution is 2.36. The smallest absolute Gasteiger partial charge is 0.433 e. The minimum atomic E-state index is -4.59. The summed E-state index contributed by atoms with van der Waals surface area (Å²) in [4.78, 5) is 4.90. The zero-order valence-electron chi connectivity index (χ0n) is 13.3. The van der Waals surface area contributed by atoms with Crippen LogP contribution >= 0.6 is 11.6 Å². The number of hydrogen-bond acceptors (Lipinski definition) is 5. The van der Waals surface area contributed by atoms with Crippen LogP contribution in [0.1, 0.15) is 5.56 Å². The van der Waals surface area contributed by atoms with Crippen molar-refractivity contribution >= 4 is 17.3 Å². The second-order valence-corrected chi connectivity index (χ2v) is 5.98. The van der Waals surface area contributed by atoms with E-state index in [0.29, 0.717) is 5.75 Å². The highest BCUT2D eigenvalue weighted by molar-refractivity contribution is 6.32. The molecule has 0 radical (unpaired) electrons. The van der Waals surface area contributed by atoms with Crippen LogP contribution in [0.15, 0.2) is 42.7 Å². The van der Waals surface area contributed by atoms with Crippen molar-refractivity contribution in [2.45, 2.75) is 18.5 Å². The number of anilines is 1. The van der Waals surface area contributed by atoms with Gasteiger partial charge in [-0.3, -0.25) is 4.98 Å². The number of aromatic nitrogens is 1. The molecule has 2 aromatic rings.